The highest BCUT2D eigenvalue weighted by molar-refractivity contribution is 5.94. The van der Waals surface area contributed by atoms with E-state index in [0.29, 0.717) is 18.7 Å². The Bertz CT molecular complexity index is 1350. The predicted molar refractivity (Wildman–Crippen MR) is 126 cm³/mol. The Morgan fingerprint density at radius 1 is 1.17 bits per heavy atom. The van der Waals surface area contributed by atoms with Gasteiger partial charge in [0.2, 0.25) is 0 Å². The van der Waals surface area contributed by atoms with Gasteiger partial charge in [-0.1, -0.05) is 42.5 Å². The SMILES string of the molecule is N#CC1(COc2ccc(-c3cc(C(N)=O)c(=O)[nH]c3C(F)(F)F)cc2)CCN(Cc2ccccc2)C1. The third-order valence-corrected chi connectivity index (χ3v) is 6.19. The van der Waals surface area contributed by atoms with Crippen LogP contribution in [0.25, 0.3) is 11.1 Å². The number of benzene rings is 2. The molecule has 1 atom stereocenters. The van der Waals surface area contributed by atoms with Gasteiger partial charge in [-0.3, -0.25) is 14.5 Å². The van der Waals surface area contributed by atoms with Crippen molar-refractivity contribution in [1.29, 1.82) is 5.26 Å². The molecule has 3 aromatic rings. The van der Waals surface area contributed by atoms with Crippen LogP contribution >= 0.6 is 0 Å². The number of rotatable bonds is 7. The summed E-state index contributed by atoms with van der Waals surface area (Å²) in [5.41, 5.74) is 2.25. The first kappa shape index (κ1) is 25.0. The van der Waals surface area contributed by atoms with Gasteiger partial charge >= 0.3 is 6.18 Å². The smallest absolute Gasteiger partial charge is 0.431 e. The number of hydrogen-bond acceptors (Lipinski definition) is 5. The molecular weight excluding hydrogens is 473 g/mol. The van der Waals surface area contributed by atoms with Crippen molar-refractivity contribution in [3.05, 3.63) is 87.8 Å². The maximum Gasteiger partial charge on any atom is 0.431 e. The first-order valence-corrected chi connectivity index (χ1v) is 11.2. The zero-order chi connectivity index (χ0) is 25.9. The lowest BCUT2D eigenvalue weighted by Crippen LogP contribution is -2.31. The quantitative estimate of drug-likeness (QED) is 0.514. The molecule has 1 unspecified atom stereocenters. The summed E-state index contributed by atoms with van der Waals surface area (Å²) in [4.78, 5) is 27.3. The molecule has 1 aromatic heterocycles. The van der Waals surface area contributed by atoms with Gasteiger partial charge in [-0.05, 0) is 35.7 Å². The van der Waals surface area contributed by atoms with Gasteiger partial charge in [-0.25, -0.2) is 0 Å². The topological polar surface area (TPSA) is 112 Å². The maximum atomic E-state index is 13.5. The molecule has 36 heavy (non-hydrogen) atoms. The Kier molecular flexibility index (Phi) is 6.86. The fourth-order valence-corrected chi connectivity index (χ4v) is 4.29. The molecule has 0 aliphatic carbocycles. The second-order valence-corrected chi connectivity index (χ2v) is 8.81. The number of pyridine rings is 1. The van der Waals surface area contributed by atoms with Gasteiger partial charge < -0.3 is 15.5 Å². The molecular formula is C26H23F3N4O3. The van der Waals surface area contributed by atoms with Crippen LogP contribution in [0.3, 0.4) is 0 Å². The summed E-state index contributed by atoms with van der Waals surface area (Å²) >= 11 is 0. The van der Waals surface area contributed by atoms with Gasteiger partial charge in [0.25, 0.3) is 11.5 Å². The molecule has 4 rings (SSSR count). The number of aromatic amines is 1. The van der Waals surface area contributed by atoms with Crippen molar-refractivity contribution >= 4 is 5.91 Å². The Balaban J connectivity index is 1.49. The Morgan fingerprint density at radius 3 is 2.47 bits per heavy atom. The summed E-state index contributed by atoms with van der Waals surface area (Å²) in [6, 6.07) is 18.9. The van der Waals surface area contributed by atoms with Crippen molar-refractivity contribution in [3.8, 4) is 22.9 Å². The molecule has 7 nitrogen and oxygen atoms in total. The number of nitrogens with zero attached hydrogens (tertiary/aromatic N) is 2. The molecule has 0 bridgehead atoms. The van der Waals surface area contributed by atoms with Crippen molar-refractivity contribution in [2.45, 2.75) is 19.1 Å². The monoisotopic (exact) mass is 496 g/mol. The molecule has 0 spiro atoms. The zero-order valence-electron chi connectivity index (χ0n) is 19.1. The number of carbonyl (C=O) groups excluding carboxylic acids is 1. The number of nitrogens with two attached hydrogens (primary N) is 1. The highest BCUT2D eigenvalue weighted by atomic mass is 19.4. The van der Waals surface area contributed by atoms with Crippen LogP contribution in [0.5, 0.6) is 5.75 Å². The van der Waals surface area contributed by atoms with Crippen LogP contribution in [0.2, 0.25) is 0 Å². The largest absolute Gasteiger partial charge is 0.492 e. The number of likely N-dealkylation sites (tertiary alicyclic amines) is 1. The normalized spacial score (nSPS) is 18.1. The van der Waals surface area contributed by atoms with Gasteiger partial charge in [-0.2, -0.15) is 18.4 Å². The third kappa shape index (κ3) is 5.42. The number of primary amides is 1. The molecule has 186 valence electrons. The van der Waals surface area contributed by atoms with E-state index in [0.717, 1.165) is 24.7 Å². The molecule has 3 N–H and O–H groups in total. The van der Waals surface area contributed by atoms with Gasteiger partial charge in [0.05, 0.1) is 6.07 Å². The van der Waals surface area contributed by atoms with Crippen molar-refractivity contribution < 1.29 is 22.7 Å². The summed E-state index contributed by atoms with van der Waals surface area (Å²) in [7, 11) is 0. The Labute approximate surface area is 204 Å². The molecule has 1 fully saturated rings. The molecule has 10 heteroatoms. The summed E-state index contributed by atoms with van der Waals surface area (Å²) in [5, 5.41) is 9.84. The van der Waals surface area contributed by atoms with Gasteiger partial charge in [-0.15, -0.1) is 0 Å². The van der Waals surface area contributed by atoms with Crippen LogP contribution < -0.4 is 16.0 Å². The Hall–Kier alpha value is -4.10. The minimum atomic E-state index is -4.85. The standard InChI is InChI=1S/C26H23F3N4O3/c27-26(28,29)22-20(12-21(23(31)34)24(35)32-22)18-6-8-19(9-7-18)36-16-25(14-30)10-11-33(15-25)13-17-4-2-1-3-5-17/h1-9,12H,10-11,13,15-16H2,(H2,31,34)(H,32,35). The fraction of sp³-hybridized carbons (Fsp3) is 0.269. The number of nitrogens with one attached hydrogen (secondary N) is 1. The number of ether oxygens (including phenoxy) is 1. The van der Waals surface area contributed by atoms with Gasteiger partial charge in [0, 0.05) is 25.2 Å². The molecule has 1 aliphatic rings. The lowest BCUT2D eigenvalue weighted by atomic mass is 9.90. The average molecular weight is 496 g/mol. The van der Waals surface area contributed by atoms with Crippen LogP contribution in [-0.4, -0.2) is 35.5 Å². The summed E-state index contributed by atoms with van der Waals surface area (Å²) in [5.74, 6) is -0.756. The van der Waals surface area contributed by atoms with Gasteiger partial charge in [0.15, 0.2) is 0 Å². The Morgan fingerprint density at radius 2 is 1.86 bits per heavy atom. The summed E-state index contributed by atoms with van der Waals surface area (Å²) in [6.07, 6.45) is -4.22. The van der Waals surface area contributed by atoms with E-state index in [4.69, 9.17) is 10.5 Å². The first-order valence-electron chi connectivity index (χ1n) is 11.2. The predicted octanol–water partition coefficient (Wildman–Crippen LogP) is 3.95. The number of nitriles is 1. The van der Waals surface area contributed by atoms with Crippen LogP contribution in [0, 0.1) is 16.7 Å². The number of aromatic nitrogens is 1. The average Bonchev–Trinajstić information content (AvgIpc) is 3.26. The van der Waals surface area contributed by atoms with Crippen molar-refractivity contribution in [1.82, 2.24) is 9.88 Å². The minimum Gasteiger partial charge on any atom is -0.492 e. The van der Waals surface area contributed by atoms with E-state index in [1.165, 1.54) is 24.3 Å². The zero-order valence-corrected chi connectivity index (χ0v) is 19.1. The fourth-order valence-electron chi connectivity index (χ4n) is 4.29. The molecule has 1 amide bonds. The lowest BCUT2D eigenvalue weighted by molar-refractivity contribution is -0.140. The maximum absolute atomic E-state index is 13.5. The highest BCUT2D eigenvalue weighted by Gasteiger charge is 2.39. The van der Waals surface area contributed by atoms with Crippen LogP contribution in [0.1, 0.15) is 28.0 Å². The van der Waals surface area contributed by atoms with Crippen LogP contribution in [-0.2, 0) is 12.7 Å². The number of alkyl halides is 3. The molecule has 1 saturated heterocycles. The number of hydrogen-bond donors (Lipinski definition) is 2. The van der Waals surface area contributed by atoms with Gasteiger partial charge in [0.1, 0.15) is 29.0 Å². The summed E-state index contributed by atoms with van der Waals surface area (Å²) < 4.78 is 46.4. The van der Waals surface area contributed by atoms with E-state index >= 15 is 0 Å². The lowest BCUT2D eigenvalue weighted by Gasteiger charge is -2.22. The van der Waals surface area contributed by atoms with E-state index in [-0.39, 0.29) is 17.7 Å². The van der Waals surface area contributed by atoms with E-state index in [2.05, 4.69) is 11.0 Å². The van der Waals surface area contributed by atoms with Crippen molar-refractivity contribution in [2.24, 2.45) is 11.1 Å². The van der Waals surface area contributed by atoms with Crippen LogP contribution in [0.4, 0.5) is 13.2 Å². The van der Waals surface area contributed by atoms with Crippen LogP contribution in [0.15, 0.2) is 65.5 Å². The molecule has 0 radical (unpaired) electrons. The second-order valence-electron chi connectivity index (χ2n) is 8.81. The molecule has 1 aliphatic heterocycles. The van der Waals surface area contributed by atoms with E-state index < -0.39 is 34.3 Å². The van der Waals surface area contributed by atoms with E-state index in [1.54, 1.807) is 4.98 Å². The van der Waals surface area contributed by atoms with E-state index in [1.807, 2.05) is 30.3 Å². The van der Waals surface area contributed by atoms with Crippen molar-refractivity contribution in [3.63, 3.8) is 0 Å². The number of halogens is 3. The highest BCUT2D eigenvalue weighted by Crippen LogP contribution is 2.36. The first-order chi connectivity index (χ1) is 17.1. The number of carbonyl (C=O) groups is 1. The summed E-state index contributed by atoms with van der Waals surface area (Å²) in [6.45, 7) is 2.15. The number of amides is 1. The minimum absolute atomic E-state index is 0.110. The molecule has 0 saturated carbocycles. The number of H-pyrrole nitrogens is 1. The molecule has 2 heterocycles. The second kappa shape index (κ2) is 9.87. The van der Waals surface area contributed by atoms with E-state index in [9.17, 15) is 28.0 Å². The van der Waals surface area contributed by atoms with Crippen molar-refractivity contribution in [2.75, 3.05) is 19.7 Å². The third-order valence-electron chi connectivity index (χ3n) is 6.19. The molecule has 2 aromatic carbocycles.